The summed E-state index contributed by atoms with van der Waals surface area (Å²) in [7, 11) is -3.29. The summed E-state index contributed by atoms with van der Waals surface area (Å²) in [6.07, 6.45) is 0.414. The van der Waals surface area contributed by atoms with E-state index in [4.69, 9.17) is 5.11 Å². The fraction of sp³-hybridized carbons (Fsp3) is 0.263. The molecular weight excluding hydrogens is 354 g/mol. The topological polar surface area (TPSA) is 101 Å². The van der Waals surface area contributed by atoms with Gasteiger partial charge < -0.3 is 10.4 Å². The van der Waals surface area contributed by atoms with E-state index in [0.29, 0.717) is 17.7 Å². The van der Waals surface area contributed by atoms with Gasteiger partial charge in [-0.25, -0.2) is 8.42 Å². The second-order valence-electron chi connectivity index (χ2n) is 6.02. The first-order chi connectivity index (χ1) is 12.2. The van der Waals surface area contributed by atoms with Crippen LogP contribution in [0.3, 0.4) is 0 Å². The first-order valence-corrected chi connectivity index (χ1v) is 9.84. The zero-order chi connectivity index (χ0) is 19.3. The maximum Gasteiger partial charge on any atom is 0.306 e. The van der Waals surface area contributed by atoms with Crippen molar-refractivity contribution in [3.63, 3.8) is 0 Å². The summed E-state index contributed by atoms with van der Waals surface area (Å²) in [5.74, 6) is -1.67. The number of nitrogens with one attached hydrogen (secondary N) is 1. The Morgan fingerprint density at radius 1 is 1.04 bits per heavy atom. The van der Waals surface area contributed by atoms with Crippen LogP contribution < -0.4 is 5.32 Å². The first-order valence-electron chi connectivity index (χ1n) is 8.19. The van der Waals surface area contributed by atoms with Crippen molar-refractivity contribution in [1.82, 2.24) is 0 Å². The number of carboxylic acids is 1. The molecule has 0 fully saturated rings. The number of hydrogen-bond donors (Lipinski definition) is 2. The second-order valence-corrected chi connectivity index (χ2v) is 8.30. The molecule has 2 aromatic rings. The van der Waals surface area contributed by atoms with Crippen LogP contribution in [0.2, 0.25) is 0 Å². The summed E-state index contributed by atoms with van der Waals surface area (Å²) in [5, 5.41) is 11.7. The average molecular weight is 375 g/mol. The molecule has 2 aromatic carbocycles. The van der Waals surface area contributed by atoms with Crippen molar-refractivity contribution in [3.8, 4) is 0 Å². The van der Waals surface area contributed by atoms with Crippen LogP contribution in [0.25, 0.3) is 0 Å². The summed E-state index contributed by atoms with van der Waals surface area (Å²) in [6.45, 7) is 3.21. The third-order valence-corrected chi connectivity index (χ3v) is 5.78. The van der Waals surface area contributed by atoms with Crippen molar-refractivity contribution in [2.75, 3.05) is 11.1 Å². The lowest BCUT2D eigenvalue weighted by atomic mass is 10.0. The van der Waals surface area contributed by atoms with Gasteiger partial charge in [0.1, 0.15) is 0 Å². The highest BCUT2D eigenvalue weighted by atomic mass is 32.2. The molecule has 1 unspecified atom stereocenters. The van der Waals surface area contributed by atoms with Crippen molar-refractivity contribution in [2.45, 2.75) is 25.2 Å². The van der Waals surface area contributed by atoms with Gasteiger partial charge in [-0.1, -0.05) is 26.0 Å². The van der Waals surface area contributed by atoms with Crippen LogP contribution in [0.4, 0.5) is 5.69 Å². The monoisotopic (exact) mass is 375 g/mol. The maximum atomic E-state index is 12.3. The molecule has 2 rings (SSSR count). The molecule has 0 heterocycles. The minimum Gasteiger partial charge on any atom is -0.481 e. The highest BCUT2D eigenvalue weighted by molar-refractivity contribution is 7.91. The highest BCUT2D eigenvalue weighted by Crippen LogP contribution is 2.16. The minimum absolute atomic E-state index is 0.00534. The van der Waals surface area contributed by atoms with Crippen LogP contribution in [-0.4, -0.2) is 31.2 Å². The maximum absolute atomic E-state index is 12.3. The van der Waals surface area contributed by atoms with Crippen molar-refractivity contribution < 1.29 is 23.1 Å². The number of rotatable bonds is 7. The van der Waals surface area contributed by atoms with Crippen LogP contribution in [-0.2, 0) is 21.1 Å². The number of carbonyl (C=O) groups excluding carboxylic acids is 1. The number of anilines is 1. The van der Waals surface area contributed by atoms with Crippen LogP contribution in [0.5, 0.6) is 0 Å². The molecule has 138 valence electrons. The molecule has 7 heteroatoms. The van der Waals surface area contributed by atoms with E-state index in [1.165, 1.54) is 24.3 Å². The van der Waals surface area contributed by atoms with Gasteiger partial charge in [-0.05, 0) is 48.4 Å². The quantitative estimate of drug-likeness (QED) is 0.775. The molecule has 1 atom stereocenters. The molecule has 0 spiro atoms. The van der Waals surface area contributed by atoms with E-state index in [1.54, 1.807) is 38.1 Å². The predicted octanol–water partition coefficient (Wildman–Crippen LogP) is 3.00. The number of hydrogen-bond acceptors (Lipinski definition) is 4. The van der Waals surface area contributed by atoms with Crippen molar-refractivity contribution >= 4 is 27.4 Å². The molecule has 0 aliphatic carbocycles. The predicted molar refractivity (Wildman–Crippen MR) is 99.1 cm³/mol. The van der Waals surface area contributed by atoms with E-state index in [0.717, 1.165) is 5.56 Å². The zero-order valence-electron chi connectivity index (χ0n) is 14.6. The lowest BCUT2D eigenvalue weighted by Gasteiger charge is -2.09. The third-order valence-electron chi connectivity index (χ3n) is 4.03. The van der Waals surface area contributed by atoms with Crippen LogP contribution in [0.1, 0.15) is 29.8 Å². The van der Waals surface area contributed by atoms with Gasteiger partial charge in [0.2, 0.25) is 0 Å². The molecule has 0 aromatic heterocycles. The van der Waals surface area contributed by atoms with Gasteiger partial charge >= 0.3 is 5.97 Å². The molecular formula is C19H21NO5S. The van der Waals surface area contributed by atoms with Gasteiger partial charge in [-0.15, -0.1) is 0 Å². The van der Waals surface area contributed by atoms with Gasteiger partial charge in [0.25, 0.3) is 5.91 Å². The average Bonchev–Trinajstić information content (AvgIpc) is 2.63. The molecule has 2 N–H and O–H groups in total. The number of amides is 1. The minimum atomic E-state index is -3.29. The summed E-state index contributed by atoms with van der Waals surface area (Å²) >= 11 is 0. The Hall–Kier alpha value is -2.67. The van der Waals surface area contributed by atoms with Gasteiger partial charge in [0.05, 0.1) is 16.6 Å². The molecule has 6 nitrogen and oxygen atoms in total. The highest BCUT2D eigenvalue weighted by Gasteiger charge is 2.14. The third kappa shape index (κ3) is 4.92. The lowest BCUT2D eigenvalue weighted by Crippen LogP contribution is -2.13. The Labute approximate surface area is 152 Å². The molecule has 0 saturated heterocycles. The molecule has 0 aliphatic rings. The van der Waals surface area contributed by atoms with Gasteiger partial charge in [0, 0.05) is 11.3 Å². The molecule has 0 saturated carbocycles. The van der Waals surface area contributed by atoms with Gasteiger partial charge in [-0.2, -0.15) is 0 Å². The van der Waals surface area contributed by atoms with Crippen LogP contribution in [0, 0.1) is 5.92 Å². The van der Waals surface area contributed by atoms with Crippen LogP contribution >= 0.6 is 0 Å². The normalized spacial score (nSPS) is 12.4. The van der Waals surface area contributed by atoms with E-state index in [-0.39, 0.29) is 16.6 Å². The van der Waals surface area contributed by atoms with Crippen molar-refractivity contribution in [3.05, 3.63) is 59.7 Å². The summed E-state index contributed by atoms with van der Waals surface area (Å²) in [6, 6.07) is 12.7. The Morgan fingerprint density at radius 3 is 2.12 bits per heavy atom. The van der Waals surface area contributed by atoms with Crippen molar-refractivity contribution in [1.29, 1.82) is 0 Å². The number of sulfone groups is 1. The van der Waals surface area contributed by atoms with Gasteiger partial charge in [0.15, 0.2) is 9.84 Å². The molecule has 0 radical (unpaired) electrons. The molecule has 1 amide bonds. The number of carboxylic acid groups (broad SMARTS) is 1. The zero-order valence-corrected chi connectivity index (χ0v) is 15.4. The largest absolute Gasteiger partial charge is 0.481 e. The Kier molecular flexibility index (Phi) is 6.15. The first kappa shape index (κ1) is 19.7. The summed E-state index contributed by atoms with van der Waals surface area (Å²) in [4.78, 5) is 23.3. The van der Waals surface area contributed by atoms with E-state index in [9.17, 15) is 18.0 Å². The van der Waals surface area contributed by atoms with Crippen molar-refractivity contribution in [2.24, 2.45) is 5.92 Å². The molecule has 0 aliphatic heterocycles. The van der Waals surface area contributed by atoms with E-state index < -0.39 is 21.7 Å². The summed E-state index contributed by atoms with van der Waals surface area (Å²) < 4.78 is 23.6. The van der Waals surface area contributed by atoms with E-state index in [1.807, 2.05) is 0 Å². The second kappa shape index (κ2) is 8.14. The Bertz CT molecular complexity index is 887. The fourth-order valence-electron chi connectivity index (χ4n) is 2.35. The Morgan fingerprint density at radius 2 is 1.62 bits per heavy atom. The van der Waals surface area contributed by atoms with Crippen LogP contribution in [0.15, 0.2) is 53.4 Å². The fourth-order valence-corrected chi connectivity index (χ4v) is 3.23. The number of carbonyl (C=O) groups is 2. The van der Waals surface area contributed by atoms with Gasteiger partial charge in [-0.3, -0.25) is 9.59 Å². The smallest absolute Gasteiger partial charge is 0.306 e. The summed E-state index contributed by atoms with van der Waals surface area (Å²) in [5.41, 5.74) is 1.79. The molecule has 0 bridgehead atoms. The standard InChI is InChI=1S/C19H21NO5S/c1-3-26(24,25)17-10-6-15(7-11-17)18(21)20-16-8-4-14(5-9-16)12-13(2)19(22)23/h4-11,13H,3,12H2,1-2H3,(H,20,21)(H,22,23). The number of aliphatic carboxylic acids is 1. The van der Waals surface area contributed by atoms with E-state index in [2.05, 4.69) is 5.32 Å². The molecule has 26 heavy (non-hydrogen) atoms. The van der Waals surface area contributed by atoms with E-state index >= 15 is 0 Å². The lowest BCUT2D eigenvalue weighted by molar-refractivity contribution is -0.141. The number of benzene rings is 2. The Balaban J connectivity index is 2.04. The SMILES string of the molecule is CCS(=O)(=O)c1ccc(C(=O)Nc2ccc(CC(C)C(=O)O)cc2)cc1.